The number of amidine groups is 1. The summed E-state index contributed by atoms with van der Waals surface area (Å²) in [7, 11) is 1.52. The maximum Gasteiger partial charge on any atom is 0.254 e. The minimum atomic E-state index is -0.718. The van der Waals surface area contributed by atoms with Gasteiger partial charge in [0.15, 0.2) is 5.84 Å². The molecule has 1 aliphatic carbocycles. The molecule has 0 unspecified atom stereocenters. The summed E-state index contributed by atoms with van der Waals surface area (Å²) >= 11 is 0. The Morgan fingerprint density at radius 1 is 1.08 bits per heavy atom. The first-order valence-electron chi connectivity index (χ1n) is 12.9. The molecular formula is C30H37FN4O3. The van der Waals surface area contributed by atoms with E-state index in [2.05, 4.69) is 22.2 Å². The number of amides is 2. The van der Waals surface area contributed by atoms with Crippen LogP contribution in [0, 0.1) is 17.2 Å². The number of halogens is 1. The molecule has 0 atom stereocenters. The Kier molecular flexibility index (Phi) is 9.69. The molecule has 2 aromatic rings. The number of nitrogens with zero attached hydrogens (tertiary/aromatic N) is 2. The number of hydrogen-bond acceptors (Lipinski definition) is 5. The highest BCUT2D eigenvalue weighted by molar-refractivity contribution is 6.49. The summed E-state index contributed by atoms with van der Waals surface area (Å²) in [4.78, 5) is 34.4. The van der Waals surface area contributed by atoms with Crippen LogP contribution in [0.15, 0.2) is 70.8 Å². The predicted octanol–water partition coefficient (Wildman–Crippen LogP) is 4.80. The number of hydrogen-bond donors (Lipinski definition) is 3. The second-order valence-electron chi connectivity index (χ2n) is 10.6. The van der Waals surface area contributed by atoms with Crippen molar-refractivity contribution in [2.75, 3.05) is 7.05 Å². The molecule has 0 saturated heterocycles. The van der Waals surface area contributed by atoms with Crippen LogP contribution in [0.4, 0.5) is 4.39 Å². The van der Waals surface area contributed by atoms with Gasteiger partial charge in [-0.1, -0.05) is 63.7 Å². The smallest absolute Gasteiger partial charge is 0.254 e. The molecule has 1 fully saturated rings. The molecule has 8 heteroatoms. The zero-order chi connectivity index (χ0) is 27.9. The molecule has 38 heavy (non-hydrogen) atoms. The molecule has 1 saturated carbocycles. The van der Waals surface area contributed by atoms with Crippen LogP contribution in [0.25, 0.3) is 0 Å². The van der Waals surface area contributed by atoms with Crippen molar-refractivity contribution in [3.05, 3.63) is 83.3 Å². The molecule has 0 aliphatic heterocycles. The Balaban J connectivity index is 1.91. The molecule has 2 aromatic carbocycles. The van der Waals surface area contributed by atoms with E-state index in [0.29, 0.717) is 24.1 Å². The van der Waals surface area contributed by atoms with Crippen LogP contribution < -0.4 is 10.6 Å². The highest BCUT2D eigenvalue weighted by Crippen LogP contribution is 2.30. The first-order chi connectivity index (χ1) is 18.0. The van der Waals surface area contributed by atoms with Crippen LogP contribution in [-0.4, -0.2) is 41.6 Å². The minimum Gasteiger partial charge on any atom is -0.393 e. The second kappa shape index (κ2) is 12.7. The van der Waals surface area contributed by atoms with Gasteiger partial charge in [-0.2, -0.15) is 0 Å². The average molecular weight is 521 g/mol. The van der Waals surface area contributed by atoms with Crippen LogP contribution in [0.1, 0.15) is 67.9 Å². The van der Waals surface area contributed by atoms with E-state index in [9.17, 15) is 14.7 Å². The zero-order valence-corrected chi connectivity index (χ0v) is 22.6. The van der Waals surface area contributed by atoms with Gasteiger partial charge in [0.2, 0.25) is 5.91 Å². The van der Waals surface area contributed by atoms with Crippen molar-refractivity contribution in [1.29, 1.82) is 0 Å². The first kappa shape index (κ1) is 28.9. The Hall–Kier alpha value is -3.65. The van der Waals surface area contributed by atoms with Crippen LogP contribution in [0.2, 0.25) is 0 Å². The van der Waals surface area contributed by atoms with Crippen molar-refractivity contribution in [3.8, 4) is 0 Å². The summed E-state index contributed by atoms with van der Waals surface area (Å²) < 4.78 is 15.2. The van der Waals surface area contributed by atoms with Crippen molar-refractivity contribution < 1.29 is 19.1 Å². The van der Waals surface area contributed by atoms with Gasteiger partial charge in [-0.15, -0.1) is 0 Å². The van der Waals surface area contributed by atoms with Crippen molar-refractivity contribution >= 4 is 23.4 Å². The van der Waals surface area contributed by atoms with E-state index in [4.69, 9.17) is 4.99 Å². The lowest BCUT2D eigenvalue weighted by Crippen LogP contribution is -2.43. The van der Waals surface area contributed by atoms with E-state index in [-0.39, 0.29) is 41.6 Å². The Bertz CT molecular complexity index is 1220. The monoisotopic (exact) mass is 520 g/mol. The Labute approximate surface area is 224 Å². The van der Waals surface area contributed by atoms with E-state index in [1.807, 2.05) is 30.3 Å². The van der Waals surface area contributed by atoms with E-state index in [0.717, 1.165) is 18.4 Å². The van der Waals surface area contributed by atoms with Gasteiger partial charge in [0.1, 0.15) is 11.5 Å². The van der Waals surface area contributed by atoms with E-state index < -0.39 is 17.1 Å². The standard InChI is InChI=1S/C30H37FN4O3/c1-19(21-11-14-23(36)15-12-21)34-26(27(32-5)35-29(38)30(2,3)4)22-13-16-24(25(31)17-22)28(37)33-18-20-9-7-6-8-10-20/h6-10,13,16-17,21,23,36H,1,11-12,14-15,18H2,2-5H3,(H,33,37)(H,32,35,38)/b34-26-/t21-,23-. The summed E-state index contributed by atoms with van der Waals surface area (Å²) in [6.45, 7) is 9.75. The number of rotatable bonds is 7. The summed E-state index contributed by atoms with van der Waals surface area (Å²) in [5.41, 5.74) is 1.30. The molecule has 7 nitrogen and oxygen atoms in total. The first-order valence-corrected chi connectivity index (χ1v) is 12.9. The van der Waals surface area contributed by atoms with Crippen LogP contribution in [0.5, 0.6) is 0 Å². The third-order valence-corrected chi connectivity index (χ3v) is 6.57. The quantitative estimate of drug-likeness (QED) is 0.361. The topological polar surface area (TPSA) is 103 Å². The van der Waals surface area contributed by atoms with Crippen molar-refractivity contribution in [2.45, 2.75) is 59.1 Å². The van der Waals surface area contributed by atoms with Crippen LogP contribution >= 0.6 is 0 Å². The second-order valence-corrected chi connectivity index (χ2v) is 10.6. The highest BCUT2D eigenvalue weighted by atomic mass is 19.1. The van der Waals surface area contributed by atoms with E-state index in [1.54, 1.807) is 26.8 Å². The summed E-state index contributed by atoms with van der Waals surface area (Å²) in [6, 6.07) is 13.6. The van der Waals surface area contributed by atoms with Gasteiger partial charge in [-0.05, 0) is 43.4 Å². The number of carbonyl (C=O) groups is 2. The van der Waals surface area contributed by atoms with Gasteiger partial charge < -0.3 is 15.7 Å². The molecule has 0 aromatic heterocycles. The van der Waals surface area contributed by atoms with Crippen molar-refractivity contribution in [1.82, 2.24) is 10.6 Å². The number of allylic oxidation sites excluding steroid dienone is 1. The molecule has 202 valence electrons. The van der Waals surface area contributed by atoms with Crippen molar-refractivity contribution in [2.24, 2.45) is 21.3 Å². The average Bonchev–Trinajstić information content (AvgIpc) is 2.89. The van der Waals surface area contributed by atoms with Gasteiger partial charge >= 0.3 is 0 Å². The van der Waals surface area contributed by atoms with E-state index in [1.165, 1.54) is 19.2 Å². The number of benzene rings is 2. The molecule has 0 bridgehead atoms. The fourth-order valence-electron chi connectivity index (χ4n) is 4.13. The number of carbonyl (C=O) groups excluding carboxylic acids is 2. The van der Waals surface area contributed by atoms with Gasteiger partial charge in [-0.3, -0.25) is 14.6 Å². The molecule has 0 radical (unpaired) electrons. The van der Waals surface area contributed by atoms with Crippen LogP contribution in [-0.2, 0) is 11.3 Å². The lowest BCUT2D eigenvalue weighted by Gasteiger charge is -2.26. The van der Waals surface area contributed by atoms with Gasteiger partial charge in [0, 0.05) is 36.2 Å². The van der Waals surface area contributed by atoms with Gasteiger partial charge in [0.25, 0.3) is 5.91 Å². The molecule has 0 heterocycles. The Morgan fingerprint density at radius 2 is 1.74 bits per heavy atom. The van der Waals surface area contributed by atoms with Gasteiger partial charge in [-0.25, -0.2) is 9.38 Å². The fourth-order valence-corrected chi connectivity index (χ4v) is 4.13. The fraction of sp³-hybridized carbons (Fsp3) is 0.400. The number of nitrogens with one attached hydrogen (secondary N) is 2. The maximum atomic E-state index is 15.2. The summed E-state index contributed by atoms with van der Waals surface area (Å²) in [5.74, 6) is -1.29. The molecular weight excluding hydrogens is 483 g/mol. The number of aliphatic hydroxyl groups is 1. The maximum absolute atomic E-state index is 15.2. The van der Waals surface area contributed by atoms with E-state index >= 15 is 4.39 Å². The molecule has 3 rings (SSSR count). The normalized spacial score (nSPS) is 18.6. The minimum absolute atomic E-state index is 0.0534. The third kappa shape index (κ3) is 7.68. The highest BCUT2D eigenvalue weighted by Gasteiger charge is 2.27. The van der Waals surface area contributed by atoms with Crippen molar-refractivity contribution in [3.63, 3.8) is 0 Å². The summed E-state index contributed by atoms with van der Waals surface area (Å²) in [6.07, 6.45) is 2.46. The molecule has 1 aliphatic rings. The predicted molar refractivity (Wildman–Crippen MR) is 149 cm³/mol. The number of aliphatic hydroxyl groups excluding tert-OH is 1. The van der Waals surface area contributed by atoms with Gasteiger partial charge in [0.05, 0.1) is 11.7 Å². The molecule has 2 amide bonds. The SMILES string of the molecule is C=C(/N=C(\C(=N/C)NC(=O)C(C)(C)C)c1ccc(C(=O)NCc2ccccc2)c(F)c1)[C@H]1CC[C@H](O)CC1. The number of aliphatic imine (C=N–C) groups is 2. The Morgan fingerprint density at radius 3 is 2.32 bits per heavy atom. The summed E-state index contributed by atoms with van der Waals surface area (Å²) in [5, 5.41) is 15.4. The lowest BCUT2D eigenvalue weighted by molar-refractivity contribution is -0.126. The third-order valence-electron chi connectivity index (χ3n) is 6.57. The molecule has 0 spiro atoms. The zero-order valence-electron chi connectivity index (χ0n) is 22.6. The van der Waals surface area contributed by atoms with Crippen LogP contribution in [0.3, 0.4) is 0 Å². The molecule has 3 N–H and O–H groups in total. The lowest BCUT2D eigenvalue weighted by atomic mass is 9.85. The largest absolute Gasteiger partial charge is 0.393 e.